The number of hydrogen-bond acceptors (Lipinski definition) is 4. The average Bonchev–Trinajstić information content (AvgIpc) is 2.63. The maximum absolute atomic E-state index is 5.32. The first kappa shape index (κ1) is 9.96. The Balaban J connectivity index is 2.34. The Kier molecular flexibility index (Phi) is 2.58. The Hall–Kier alpha value is -1.58. The van der Waals surface area contributed by atoms with Crippen LogP contribution < -0.4 is 19.5 Å². The number of hydrogen-bond donors (Lipinski definition) is 1. The Morgan fingerprint density at radius 3 is 2.80 bits per heavy atom. The molecular formula is C11H15NO3. The number of methoxy groups -OCH3 is 1. The molecule has 0 spiro atoms. The molecule has 2 rings (SSSR count). The molecule has 0 saturated heterocycles. The highest BCUT2D eigenvalue weighted by atomic mass is 16.7. The zero-order valence-corrected chi connectivity index (χ0v) is 9.16. The van der Waals surface area contributed by atoms with E-state index >= 15 is 0 Å². The van der Waals surface area contributed by atoms with Crippen LogP contribution in [0.5, 0.6) is 17.2 Å². The second-order valence-corrected chi connectivity index (χ2v) is 3.71. The van der Waals surface area contributed by atoms with Crippen LogP contribution in [0.1, 0.15) is 13.8 Å². The molecule has 0 radical (unpaired) electrons. The molecule has 1 aromatic rings. The fourth-order valence-corrected chi connectivity index (χ4v) is 1.55. The smallest absolute Gasteiger partial charge is 0.231 e. The van der Waals surface area contributed by atoms with Crippen molar-refractivity contribution < 1.29 is 14.2 Å². The van der Waals surface area contributed by atoms with Crippen molar-refractivity contribution in [3.63, 3.8) is 0 Å². The van der Waals surface area contributed by atoms with E-state index in [-0.39, 0.29) is 6.79 Å². The van der Waals surface area contributed by atoms with E-state index in [9.17, 15) is 0 Å². The summed E-state index contributed by atoms with van der Waals surface area (Å²) in [6, 6.07) is 4.20. The lowest BCUT2D eigenvalue weighted by atomic mass is 10.2. The van der Waals surface area contributed by atoms with Gasteiger partial charge >= 0.3 is 0 Å². The molecule has 0 bridgehead atoms. The van der Waals surface area contributed by atoms with Crippen molar-refractivity contribution in [1.29, 1.82) is 0 Å². The molecule has 1 aliphatic heterocycles. The lowest BCUT2D eigenvalue weighted by molar-refractivity contribution is 0.171. The molecule has 4 heteroatoms. The lowest BCUT2D eigenvalue weighted by Crippen LogP contribution is -2.09. The first-order valence-electron chi connectivity index (χ1n) is 4.95. The topological polar surface area (TPSA) is 39.7 Å². The number of benzene rings is 1. The maximum Gasteiger partial charge on any atom is 0.231 e. The van der Waals surface area contributed by atoms with Crippen LogP contribution >= 0.6 is 0 Å². The highest BCUT2D eigenvalue weighted by Crippen LogP contribution is 2.43. The molecule has 1 N–H and O–H groups in total. The van der Waals surface area contributed by atoms with Gasteiger partial charge in [0.25, 0.3) is 0 Å². The Bertz CT molecular complexity index is 363. The molecule has 4 nitrogen and oxygen atoms in total. The molecule has 0 aliphatic carbocycles. The minimum atomic E-state index is 0.261. The average molecular weight is 209 g/mol. The minimum absolute atomic E-state index is 0.261. The molecular weight excluding hydrogens is 194 g/mol. The summed E-state index contributed by atoms with van der Waals surface area (Å²) in [4.78, 5) is 0. The Labute approximate surface area is 89.1 Å². The third-order valence-electron chi connectivity index (χ3n) is 2.11. The SMILES string of the molecule is COc1cc(NC(C)C)cc2c1OCO2. The fourth-order valence-electron chi connectivity index (χ4n) is 1.55. The van der Waals surface area contributed by atoms with Gasteiger partial charge in [-0.1, -0.05) is 0 Å². The van der Waals surface area contributed by atoms with Crippen molar-refractivity contribution >= 4 is 5.69 Å². The van der Waals surface area contributed by atoms with Crippen molar-refractivity contribution in [2.75, 3.05) is 19.2 Å². The van der Waals surface area contributed by atoms with Crippen molar-refractivity contribution in [3.8, 4) is 17.2 Å². The van der Waals surface area contributed by atoms with Gasteiger partial charge in [-0.25, -0.2) is 0 Å². The zero-order chi connectivity index (χ0) is 10.8. The third kappa shape index (κ3) is 1.93. The Morgan fingerprint density at radius 1 is 1.33 bits per heavy atom. The fraction of sp³-hybridized carbons (Fsp3) is 0.455. The molecule has 0 saturated carbocycles. The second-order valence-electron chi connectivity index (χ2n) is 3.71. The summed E-state index contributed by atoms with van der Waals surface area (Å²) in [5, 5.41) is 3.29. The van der Waals surface area contributed by atoms with Gasteiger partial charge in [-0.15, -0.1) is 0 Å². The molecule has 1 aromatic carbocycles. The number of anilines is 1. The number of rotatable bonds is 3. The molecule has 82 valence electrons. The van der Waals surface area contributed by atoms with E-state index in [1.54, 1.807) is 7.11 Å². The van der Waals surface area contributed by atoms with Crippen LogP contribution in [0.25, 0.3) is 0 Å². The second kappa shape index (κ2) is 3.88. The number of fused-ring (bicyclic) bond motifs is 1. The predicted octanol–water partition coefficient (Wildman–Crippen LogP) is 2.24. The highest BCUT2D eigenvalue weighted by Gasteiger charge is 2.20. The summed E-state index contributed by atoms with van der Waals surface area (Å²) in [6.45, 7) is 4.42. The molecule has 0 unspecified atom stereocenters. The molecule has 15 heavy (non-hydrogen) atoms. The first-order chi connectivity index (χ1) is 7.20. The third-order valence-corrected chi connectivity index (χ3v) is 2.11. The van der Waals surface area contributed by atoms with Crippen LogP contribution in [0.15, 0.2) is 12.1 Å². The van der Waals surface area contributed by atoms with E-state index < -0.39 is 0 Å². The van der Waals surface area contributed by atoms with Gasteiger partial charge in [0.1, 0.15) is 0 Å². The normalized spacial score (nSPS) is 13.1. The van der Waals surface area contributed by atoms with E-state index in [0.29, 0.717) is 17.5 Å². The van der Waals surface area contributed by atoms with Crippen LogP contribution in [0, 0.1) is 0 Å². The zero-order valence-electron chi connectivity index (χ0n) is 9.16. The lowest BCUT2D eigenvalue weighted by Gasteiger charge is -2.12. The van der Waals surface area contributed by atoms with Crippen LogP contribution in [-0.4, -0.2) is 19.9 Å². The first-order valence-corrected chi connectivity index (χ1v) is 4.95. The van der Waals surface area contributed by atoms with E-state index in [2.05, 4.69) is 19.2 Å². The quantitative estimate of drug-likeness (QED) is 0.828. The molecule has 0 aromatic heterocycles. The summed E-state index contributed by atoms with van der Waals surface area (Å²) >= 11 is 0. The van der Waals surface area contributed by atoms with Gasteiger partial charge in [0, 0.05) is 23.9 Å². The predicted molar refractivity (Wildman–Crippen MR) is 57.9 cm³/mol. The van der Waals surface area contributed by atoms with E-state index in [1.165, 1.54) is 0 Å². The maximum atomic E-state index is 5.32. The number of ether oxygens (including phenoxy) is 3. The summed E-state index contributed by atoms with van der Waals surface area (Å²) in [5.41, 5.74) is 0.978. The van der Waals surface area contributed by atoms with Crippen molar-refractivity contribution in [3.05, 3.63) is 12.1 Å². The van der Waals surface area contributed by atoms with Crippen molar-refractivity contribution in [2.24, 2.45) is 0 Å². The molecule has 0 fully saturated rings. The van der Waals surface area contributed by atoms with E-state index in [1.807, 2.05) is 12.1 Å². The summed E-state index contributed by atoms with van der Waals surface area (Å²) in [5.74, 6) is 2.12. The van der Waals surface area contributed by atoms with Crippen LogP contribution in [0.4, 0.5) is 5.69 Å². The van der Waals surface area contributed by atoms with E-state index in [0.717, 1.165) is 11.4 Å². The van der Waals surface area contributed by atoms with Gasteiger partial charge in [-0.2, -0.15) is 0 Å². The van der Waals surface area contributed by atoms with Gasteiger partial charge in [-0.3, -0.25) is 0 Å². The molecule has 1 aliphatic rings. The summed E-state index contributed by atoms with van der Waals surface area (Å²) in [6.07, 6.45) is 0. The monoisotopic (exact) mass is 209 g/mol. The van der Waals surface area contributed by atoms with Gasteiger partial charge in [0.15, 0.2) is 11.5 Å². The van der Waals surface area contributed by atoms with Crippen molar-refractivity contribution in [2.45, 2.75) is 19.9 Å². The molecule has 0 atom stereocenters. The minimum Gasteiger partial charge on any atom is -0.493 e. The van der Waals surface area contributed by atoms with Crippen molar-refractivity contribution in [1.82, 2.24) is 0 Å². The molecule has 1 heterocycles. The van der Waals surface area contributed by atoms with Crippen LogP contribution in [0.2, 0.25) is 0 Å². The van der Waals surface area contributed by atoms with Gasteiger partial charge in [0.05, 0.1) is 7.11 Å². The molecule has 0 amide bonds. The van der Waals surface area contributed by atoms with Gasteiger partial charge in [0.2, 0.25) is 12.5 Å². The largest absolute Gasteiger partial charge is 0.493 e. The van der Waals surface area contributed by atoms with E-state index in [4.69, 9.17) is 14.2 Å². The van der Waals surface area contributed by atoms with Gasteiger partial charge in [-0.05, 0) is 13.8 Å². The summed E-state index contributed by atoms with van der Waals surface area (Å²) in [7, 11) is 1.62. The standard InChI is InChI=1S/C11H15NO3/c1-7(2)12-8-4-9(13-3)11-10(5-8)14-6-15-11/h4-5,7,12H,6H2,1-3H3. The van der Waals surface area contributed by atoms with Crippen LogP contribution in [-0.2, 0) is 0 Å². The van der Waals surface area contributed by atoms with Crippen LogP contribution in [0.3, 0.4) is 0 Å². The Morgan fingerprint density at radius 2 is 2.13 bits per heavy atom. The number of nitrogens with one attached hydrogen (secondary N) is 1. The summed E-state index contributed by atoms with van der Waals surface area (Å²) < 4.78 is 15.9. The van der Waals surface area contributed by atoms with Gasteiger partial charge < -0.3 is 19.5 Å². The highest BCUT2D eigenvalue weighted by molar-refractivity contribution is 5.63.